The highest BCUT2D eigenvalue weighted by Gasteiger charge is 2.24. The number of hydrogen-bond donors (Lipinski definition) is 1. The van der Waals surface area contributed by atoms with Crippen molar-refractivity contribution in [1.29, 1.82) is 0 Å². The van der Waals surface area contributed by atoms with Gasteiger partial charge in [0.15, 0.2) is 0 Å². The molecule has 22 heavy (non-hydrogen) atoms. The van der Waals surface area contributed by atoms with E-state index in [1.807, 2.05) is 42.3 Å². The van der Waals surface area contributed by atoms with Gasteiger partial charge in [0.05, 0.1) is 16.9 Å². The van der Waals surface area contributed by atoms with Gasteiger partial charge in [0.1, 0.15) is 0 Å². The van der Waals surface area contributed by atoms with Crippen LogP contribution in [-0.4, -0.2) is 46.3 Å². The Morgan fingerprint density at radius 1 is 1.36 bits per heavy atom. The number of piperazine rings is 1. The largest absolute Gasteiger partial charge is 0.336 e. The van der Waals surface area contributed by atoms with Gasteiger partial charge in [-0.1, -0.05) is 15.9 Å². The van der Waals surface area contributed by atoms with E-state index in [1.165, 1.54) is 0 Å². The molecule has 1 saturated heterocycles. The van der Waals surface area contributed by atoms with E-state index in [-0.39, 0.29) is 5.91 Å². The zero-order valence-corrected chi connectivity index (χ0v) is 14.3. The van der Waals surface area contributed by atoms with Gasteiger partial charge < -0.3 is 10.2 Å². The maximum Gasteiger partial charge on any atom is 0.257 e. The molecule has 1 N–H and O–H groups in total. The van der Waals surface area contributed by atoms with Crippen LogP contribution in [0, 0.1) is 6.92 Å². The lowest BCUT2D eigenvalue weighted by atomic mass is 10.2. The second-order valence-corrected chi connectivity index (χ2v) is 6.57. The molecule has 1 amide bonds. The molecule has 116 valence electrons. The Bertz CT molecular complexity index is 680. The number of halogens is 1. The molecule has 6 heteroatoms. The van der Waals surface area contributed by atoms with Crippen molar-refractivity contribution in [1.82, 2.24) is 20.0 Å². The molecule has 1 aliphatic heterocycles. The molecule has 0 saturated carbocycles. The minimum Gasteiger partial charge on any atom is -0.336 e. The van der Waals surface area contributed by atoms with Gasteiger partial charge >= 0.3 is 0 Å². The van der Waals surface area contributed by atoms with Gasteiger partial charge in [-0.15, -0.1) is 0 Å². The van der Waals surface area contributed by atoms with Crippen LogP contribution in [0.3, 0.4) is 0 Å². The van der Waals surface area contributed by atoms with E-state index >= 15 is 0 Å². The minimum atomic E-state index is 0.0641. The average molecular weight is 363 g/mol. The molecule has 5 nitrogen and oxygen atoms in total. The third-order valence-electron chi connectivity index (χ3n) is 3.88. The van der Waals surface area contributed by atoms with Crippen molar-refractivity contribution in [3.8, 4) is 5.69 Å². The molecule has 0 spiro atoms. The molecule has 0 unspecified atom stereocenters. The summed E-state index contributed by atoms with van der Waals surface area (Å²) < 4.78 is 2.78. The van der Waals surface area contributed by atoms with Crippen molar-refractivity contribution in [2.75, 3.05) is 19.6 Å². The molecule has 1 aliphatic rings. The van der Waals surface area contributed by atoms with Crippen LogP contribution in [0.25, 0.3) is 5.69 Å². The number of nitrogens with one attached hydrogen (secondary N) is 1. The Morgan fingerprint density at radius 3 is 2.77 bits per heavy atom. The molecule has 0 aliphatic carbocycles. The quantitative estimate of drug-likeness (QED) is 0.892. The Morgan fingerprint density at radius 2 is 2.09 bits per heavy atom. The number of carbonyl (C=O) groups excluding carboxylic acids is 1. The zero-order valence-electron chi connectivity index (χ0n) is 12.7. The van der Waals surface area contributed by atoms with Crippen molar-refractivity contribution in [2.24, 2.45) is 0 Å². The average Bonchev–Trinajstić information content (AvgIpc) is 2.89. The third kappa shape index (κ3) is 3.08. The van der Waals surface area contributed by atoms with Crippen LogP contribution in [0.4, 0.5) is 0 Å². The fourth-order valence-electron chi connectivity index (χ4n) is 2.68. The second-order valence-electron chi connectivity index (χ2n) is 5.66. The predicted molar refractivity (Wildman–Crippen MR) is 89.4 cm³/mol. The topological polar surface area (TPSA) is 50.2 Å². The van der Waals surface area contributed by atoms with Crippen molar-refractivity contribution in [2.45, 2.75) is 19.9 Å². The summed E-state index contributed by atoms with van der Waals surface area (Å²) in [6.07, 6.45) is 1.83. The van der Waals surface area contributed by atoms with Gasteiger partial charge in [0.25, 0.3) is 5.91 Å². The predicted octanol–water partition coefficient (Wildman–Crippen LogP) is 2.38. The molecule has 1 fully saturated rings. The van der Waals surface area contributed by atoms with E-state index in [1.54, 1.807) is 4.68 Å². The fourth-order valence-corrected chi connectivity index (χ4v) is 2.95. The number of rotatable bonds is 2. The van der Waals surface area contributed by atoms with Crippen LogP contribution in [0.1, 0.15) is 23.0 Å². The molecule has 1 aromatic carbocycles. The first kappa shape index (κ1) is 15.2. The number of carbonyl (C=O) groups is 1. The smallest absolute Gasteiger partial charge is 0.257 e. The van der Waals surface area contributed by atoms with Crippen LogP contribution in [0.15, 0.2) is 34.9 Å². The number of aromatic nitrogens is 2. The summed E-state index contributed by atoms with van der Waals surface area (Å²) in [6, 6.07) is 8.20. The monoisotopic (exact) mass is 362 g/mol. The van der Waals surface area contributed by atoms with Crippen molar-refractivity contribution in [3.05, 3.63) is 46.2 Å². The second kappa shape index (κ2) is 6.22. The number of amides is 1. The first-order chi connectivity index (χ1) is 10.5. The first-order valence-electron chi connectivity index (χ1n) is 7.39. The summed E-state index contributed by atoms with van der Waals surface area (Å²) in [6.45, 7) is 6.30. The third-order valence-corrected chi connectivity index (χ3v) is 4.41. The maximum absolute atomic E-state index is 12.7. The van der Waals surface area contributed by atoms with Crippen molar-refractivity contribution < 1.29 is 4.79 Å². The number of hydrogen-bond acceptors (Lipinski definition) is 3. The van der Waals surface area contributed by atoms with Crippen molar-refractivity contribution >= 4 is 21.8 Å². The summed E-state index contributed by atoms with van der Waals surface area (Å²) in [5.74, 6) is 0.0641. The molecular weight excluding hydrogens is 344 g/mol. The van der Waals surface area contributed by atoms with Gasteiger partial charge in [-0.3, -0.25) is 4.79 Å². The molecule has 0 bridgehead atoms. The van der Waals surface area contributed by atoms with Gasteiger partial charge in [-0.05, 0) is 38.1 Å². The van der Waals surface area contributed by atoms with E-state index in [0.29, 0.717) is 11.6 Å². The van der Waals surface area contributed by atoms with Gasteiger partial charge in [-0.2, -0.15) is 5.10 Å². The van der Waals surface area contributed by atoms with Gasteiger partial charge in [0.2, 0.25) is 0 Å². The SMILES string of the molecule is Cc1nn(-c2ccc(Br)cc2)cc1C(=O)N1CCN[C@H](C)C1. The Labute approximate surface area is 138 Å². The fraction of sp³-hybridized carbons (Fsp3) is 0.375. The highest BCUT2D eigenvalue weighted by molar-refractivity contribution is 9.10. The van der Waals surface area contributed by atoms with Crippen LogP contribution in [-0.2, 0) is 0 Å². The summed E-state index contributed by atoms with van der Waals surface area (Å²) in [7, 11) is 0. The molecule has 0 radical (unpaired) electrons. The molecule has 1 aromatic heterocycles. The Hall–Kier alpha value is -1.66. The van der Waals surface area contributed by atoms with E-state index in [2.05, 4.69) is 33.3 Å². The normalized spacial score (nSPS) is 18.5. The van der Waals surface area contributed by atoms with Crippen LogP contribution in [0.2, 0.25) is 0 Å². The lowest BCUT2D eigenvalue weighted by molar-refractivity contribution is 0.0708. The van der Waals surface area contributed by atoms with E-state index in [4.69, 9.17) is 0 Å². The molecule has 1 atom stereocenters. The van der Waals surface area contributed by atoms with Crippen LogP contribution >= 0.6 is 15.9 Å². The number of nitrogens with zero attached hydrogens (tertiary/aromatic N) is 3. The molecule has 2 heterocycles. The number of benzene rings is 1. The van der Waals surface area contributed by atoms with Crippen molar-refractivity contribution in [3.63, 3.8) is 0 Å². The lowest BCUT2D eigenvalue weighted by Crippen LogP contribution is -2.51. The highest BCUT2D eigenvalue weighted by atomic mass is 79.9. The zero-order chi connectivity index (χ0) is 15.7. The molecule has 3 rings (SSSR count). The highest BCUT2D eigenvalue weighted by Crippen LogP contribution is 2.17. The number of aryl methyl sites for hydroxylation is 1. The summed E-state index contributed by atoms with van der Waals surface area (Å²) >= 11 is 3.42. The standard InChI is InChI=1S/C16H19BrN4O/c1-11-9-20(8-7-18-11)16(22)15-10-21(19-12(15)2)14-5-3-13(17)4-6-14/h3-6,10-11,18H,7-9H2,1-2H3/t11-/m1/s1. The Balaban J connectivity index is 1.85. The summed E-state index contributed by atoms with van der Waals surface area (Å²) in [5.41, 5.74) is 2.38. The Kier molecular flexibility index (Phi) is 4.31. The van der Waals surface area contributed by atoms with Gasteiger partial charge in [0, 0.05) is 36.3 Å². The first-order valence-corrected chi connectivity index (χ1v) is 8.19. The summed E-state index contributed by atoms with van der Waals surface area (Å²) in [4.78, 5) is 14.6. The van der Waals surface area contributed by atoms with Crippen LogP contribution in [0.5, 0.6) is 0 Å². The van der Waals surface area contributed by atoms with Gasteiger partial charge in [-0.25, -0.2) is 4.68 Å². The minimum absolute atomic E-state index is 0.0641. The van der Waals surface area contributed by atoms with Crippen LogP contribution < -0.4 is 5.32 Å². The summed E-state index contributed by atoms with van der Waals surface area (Å²) in [5, 5.41) is 7.83. The van der Waals surface area contributed by atoms with E-state index in [0.717, 1.165) is 35.5 Å². The lowest BCUT2D eigenvalue weighted by Gasteiger charge is -2.31. The molecule has 2 aromatic rings. The van der Waals surface area contributed by atoms with E-state index in [9.17, 15) is 4.79 Å². The maximum atomic E-state index is 12.7. The van der Waals surface area contributed by atoms with E-state index < -0.39 is 0 Å². The molecular formula is C16H19BrN4O.